The van der Waals surface area contributed by atoms with Gasteiger partial charge in [0, 0.05) is 26.2 Å². The number of piperazine rings is 1. The number of carbonyl (C=O) groups excluding carboxylic acids is 2. The third-order valence-corrected chi connectivity index (χ3v) is 8.50. The first-order chi connectivity index (χ1) is 16.2. The average Bonchev–Trinajstić information content (AvgIpc) is 2.80. The summed E-state index contributed by atoms with van der Waals surface area (Å²) in [6, 6.07) is -0.400. The third kappa shape index (κ3) is 7.43. The smallest absolute Gasteiger partial charge is 0.245 e. The second-order valence-electron chi connectivity index (χ2n) is 12.4. The molecule has 0 spiro atoms. The van der Waals surface area contributed by atoms with Gasteiger partial charge < -0.3 is 14.7 Å². The lowest BCUT2D eigenvalue weighted by molar-refractivity contribution is -0.154. The standard InChI is InChI=1S/C28H52N4O2/c1-21(2)19-25-28(34)32(18-17-29(25)6)26(20-22(3)4)27(33)31-15-10-24(11-16-31)9-14-30-12-7-23(5)8-13-30/h21-26H,7-20H2,1-6H3/t25-,26-/m0/s1. The number of hydrogen-bond donors (Lipinski definition) is 0. The molecule has 2 amide bonds. The Morgan fingerprint density at radius 1 is 0.912 bits per heavy atom. The van der Waals surface area contributed by atoms with Crippen LogP contribution in [0.5, 0.6) is 0 Å². The van der Waals surface area contributed by atoms with E-state index in [2.05, 4.69) is 56.4 Å². The van der Waals surface area contributed by atoms with Crippen LogP contribution >= 0.6 is 0 Å². The maximum absolute atomic E-state index is 13.7. The Morgan fingerprint density at radius 3 is 2.15 bits per heavy atom. The van der Waals surface area contributed by atoms with Crippen LogP contribution in [0.25, 0.3) is 0 Å². The van der Waals surface area contributed by atoms with Gasteiger partial charge in [-0.25, -0.2) is 0 Å². The van der Waals surface area contributed by atoms with E-state index in [1.54, 1.807) is 0 Å². The second kappa shape index (κ2) is 12.7. The van der Waals surface area contributed by atoms with Crippen LogP contribution in [0.1, 0.15) is 79.6 Å². The summed E-state index contributed by atoms with van der Waals surface area (Å²) in [5.41, 5.74) is 0. The Hall–Kier alpha value is -1.14. The zero-order valence-corrected chi connectivity index (χ0v) is 23.0. The van der Waals surface area contributed by atoms with Gasteiger partial charge in [0.2, 0.25) is 11.8 Å². The summed E-state index contributed by atoms with van der Waals surface area (Å²) in [4.78, 5) is 36.1. The maximum Gasteiger partial charge on any atom is 0.245 e. The number of nitrogens with zero attached hydrogens (tertiary/aromatic N) is 4. The highest BCUT2D eigenvalue weighted by Crippen LogP contribution is 2.27. The monoisotopic (exact) mass is 476 g/mol. The summed E-state index contributed by atoms with van der Waals surface area (Å²) < 4.78 is 0. The molecule has 0 aromatic carbocycles. The van der Waals surface area contributed by atoms with Crippen molar-refractivity contribution in [3.05, 3.63) is 0 Å². The molecule has 3 fully saturated rings. The van der Waals surface area contributed by atoms with E-state index in [4.69, 9.17) is 0 Å². The number of carbonyl (C=O) groups is 2. The van der Waals surface area contributed by atoms with Crippen molar-refractivity contribution >= 4 is 11.8 Å². The van der Waals surface area contributed by atoms with Gasteiger partial charge in [-0.3, -0.25) is 14.5 Å². The minimum atomic E-state index is -0.303. The molecule has 2 atom stereocenters. The SMILES string of the molecule is CC(C)C[C@H]1C(=O)N([C@@H](CC(C)C)C(=O)N2CCC(CCN3CCC(C)CC3)CC2)CCN1C. The highest BCUT2D eigenvalue weighted by Gasteiger charge is 2.41. The summed E-state index contributed by atoms with van der Waals surface area (Å²) in [5.74, 6) is 2.81. The fraction of sp³-hybridized carbons (Fsp3) is 0.929. The topological polar surface area (TPSA) is 47.1 Å². The number of hydrogen-bond acceptors (Lipinski definition) is 4. The zero-order valence-electron chi connectivity index (χ0n) is 23.0. The summed E-state index contributed by atoms with van der Waals surface area (Å²) in [6.07, 6.45) is 7.78. The molecule has 0 aliphatic carbocycles. The molecular formula is C28H52N4O2. The van der Waals surface area contributed by atoms with Crippen LogP contribution in [0.3, 0.4) is 0 Å². The molecule has 3 aliphatic rings. The molecule has 0 N–H and O–H groups in total. The van der Waals surface area contributed by atoms with Crippen molar-refractivity contribution < 1.29 is 9.59 Å². The molecule has 3 heterocycles. The lowest BCUT2D eigenvalue weighted by Gasteiger charge is -2.44. The molecule has 0 saturated carbocycles. The van der Waals surface area contributed by atoms with Crippen molar-refractivity contribution in [1.82, 2.24) is 19.6 Å². The van der Waals surface area contributed by atoms with Gasteiger partial charge in [0.15, 0.2) is 0 Å². The summed E-state index contributed by atoms with van der Waals surface area (Å²) in [7, 11) is 2.05. The summed E-state index contributed by atoms with van der Waals surface area (Å²) in [6.45, 7) is 18.0. The number of amides is 2. The van der Waals surface area contributed by atoms with E-state index in [-0.39, 0.29) is 23.9 Å². The summed E-state index contributed by atoms with van der Waals surface area (Å²) >= 11 is 0. The van der Waals surface area contributed by atoms with E-state index in [0.29, 0.717) is 18.4 Å². The van der Waals surface area contributed by atoms with Crippen molar-refractivity contribution in [2.75, 3.05) is 52.9 Å². The number of likely N-dealkylation sites (tertiary alicyclic amines) is 2. The van der Waals surface area contributed by atoms with E-state index in [9.17, 15) is 9.59 Å². The number of rotatable bonds is 9. The molecule has 3 aliphatic heterocycles. The zero-order chi connectivity index (χ0) is 24.8. The van der Waals surface area contributed by atoms with Crippen molar-refractivity contribution in [2.24, 2.45) is 23.7 Å². The first-order valence-corrected chi connectivity index (χ1v) is 14.2. The van der Waals surface area contributed by atoms with E-state index >= 15 is 0 Å². The van der Waals surface area contributed by atoms with E-state index in [0.717, 1.165) is 57.2 Å². The molecule has 0 aromatic rings. The van der Waals surface area contributed by atoms with Crippen LogP contribution in [0.4, 0.5) is 0 Å². The van der Waals surface area contributed by atoms with E-state index in [1.165, 1.54) is 38.9 Å². The van der Waals surface area contributed by atoms with Crippen LogP contribution in [0, 0.1) is 23.7 Å². The maximum atomic E-state index is 13.7. The minimum Gasteiger partial charge on any atom is -0.341 e. The average molecular weight is 477 g/mol. The highest BCUT2D eigenvalue weighted by atomic mass is 16.2. The third-order valence-electron chi connectivity index (χ3n) is 8.50. The van der Waals surface area contributed by atoms with Crippen LogP contribution in [0.15, 0.2) is 0 Å². The first kappa shape index (κ1) is 27.4. The molecular weight excluding hydrogens is 424 g/mol. The summed E-state index contributed by atoms with van der Waals surface area (Å²) in [5, 5.41) is 0. The first-order valence-electron chi connectivity index (χ1n) is 14.2. The lowest BCUT2D eigenvalue weighted by atomic mass is 9.91. The predicted molar refractivity (Wildman–Crippen MR) is 140 cm³/mol. The Bertz CT molecular complexity index is 651. The fourth-order valence-electron chi connectivity index (χ4n) is 6.06. The van der Waals surface area contributed by atoms with Crippen molar-refractivity contribution in [3.63, 3.8) is 0 Å². The van der Waals surface area contributed by atoms with E-state index in [1.807, 2.05) is 4.90 Å². The largest absolute Gasteiger partial charge is 0.341 e. The molecule has 6 heteroatoms. The van der Waals surface area contributed by atoms with Gasteiger partial charge >= 0.3 is 0 Å². The minimum absolute atomic E-state index is 0.0975. The van der Waals surface area contributed by atoms with Gasteiger partial charge in [0.1, 0.15) is 6.04 Å². The van der Waals surface area contributed by atoms with Crippen LogP contribution in [-0.4, -0.2) is 96.4 Å². The predicted octanol–water partition coefficient (Wildman–Crippen LogP) is 3.95. The Kier molecular flexibility index (Phi) is 10.3. The molecule has 196 valence electrons. The van der Waals surface area contributed by atoms with Crippen LogP contribution in [-0.2, 0) is 9.59 Å². The number of piperidine rings is 2. The van der Waals surface area contributed by atoms with Gasteiger partial charge in [-0.2, -0.15) is 0 Å². The molecule has 3 rings (SSSR count). The van der Waals surface area contributed by atoms with Crippen molar-refractivity contribution in [2.45, 2.75) is 91.6 Å². The van der Waals surface area contributed by atoms with Gasteiger partial charge in [0.05, 0.1) is 6.04 Å². The molecule has 34 heavy (non-hydrogen) atoms. The van der Waals surface area contributed by atoms with Crippen LogP contribution in [0.2, 0.25) is 0 Å². The quantitative estimate of drug-likeness (QED) is 0.506. The lowest BCUT2D eigenvalue weighted by Crippen LogP contribution is -2.62. The molecule has 0 radical (unpaired) electrons. The van der Waals surface area contributed by atoms with Gasteiger partial charge in [-0.05, 0) is 95.3 Å². The Balaban J connectivity index is 1.55. The highest BCUT2D eigenvalue weighted by molar-refractivity contribution is 5.90. The normalized spacial score (nSPS) is 25.5. The molecule has 6 nitrogen and oxygen atoms in total. The molecule has 3 saturated heterocycles. The van der Waals surface area contributed by atoms with Gasteiger partial charge in [-0.15, -0.1) is 0 Å². The Morgan fingerprint density at radius 2 is 1.56 bits per heavy atom. The Labute approximate surface area is 209 Å². The fourth-order valence-corrected chi connectivity index (χ4v) is 6.06. The molecule has 0 bridgehead atoms. The van der Waals surface area contributed by atoms with Gasteiger partial charge in [-0.1, -0.05) is 34.6 Å². The van der Waals surface area contributed by atoms with Crippen molar-refractivity contribution in [3.8, 4) is 0 Å². The van der Waals surface area contributed by atoms with Gasteiger partial charge in [0.25, 0.3) is 0 Å². The second-order valence-corrected chi connectivity index (χ2v) is 12.4. The van der Waals surface area contributed by atoms with Crippen molar-refractivity contribution in [1.29, 1.82) is 0 Å². The number of likely N-dealkylation sites (N-methyl/N-ethyl adjacent to an activating group) is 1. The molecule has 0 aromatic heterocycles. The van der Waals surface area contributed by atoms with E-state index < -0.39 is 0 Å². The molecule has 0 unspecified atom stereocenters. The van der Waals surface area contributed by atoms with Crippen LogP contribution < -0.4 is 0 Å².